The van der Waals surface area contributed by atoms with Gasteiger partial charge in [0, 0.05) is 36.8 Å². The maximum absolute atomic E-state index is 14.3. The second-order valence-corrected chi connectivity index (χ2v) is 14.1. The van der Waals surface area contributed by atoms with Crippen LogP contribution in [-0.2, 0) is 20.8 Å². The Hall–Kier alpha value is -4.10. The topological polar surface area (TPSA) is 206 Å². The van der Waals surface area contributed by atoms with Crippen LogP contribution in [0.15, 0.2) is 28.7 Å². The number of Topliss-reactive ketones (excluding diaryl/α,β-unsaturated/α-hetero) is 2. The van der Waals surface area contributed by atoms with Gasteiger partial charge >= 0.3 is 0 Å². The Morgan fingerprint density at radius 1 is 1.09 bits per heavy atom. The molecule has 0 radical (unpaired) electrons. The van der Waals surface area contributed by atoms with Gasteiger partial charge in [0.05, 0.1) is 17.3 Å². The highest BCUT2D eigenvalue weighted by molar-refractivity contribution is 6.25. The molecule has 45 heavy (non-hydrogen) atoms. The lowest BCUT2D eigenvalue weighted by Crippen LogP contribution is -2.63. The lowest BCUT2D eigenvalue weighted by atomic mass is 9.58. The lowest BCUT2D eigenvalue weighted by Gasteiger charge is -2.50. The molecule has 0 saturated carbocycles. The van der Waals surface area contributed by atoms with Crippen LogP contribution < -0.4 is 21.3 Å². The normalized spacial score (nSPS) is 25.6. The van der Waals surface area contributed by atoms with Gasteiger partial charge in [-0.2, -0.15) is 0 Å². The van der Waals surface area contributed by atoms with E-state index in [0.717, 1.165) is 0 Å². The van der Waals surface area contributed by atoms with Gasteiger partial charge in [0.25, 0.3) is 5.91 Å². The summed E-state index contributed by atoms with van der Waals surface area (Å²) in [6.07, 6.45) is 0.135. The van der Waals surface area contributed by atoms with Crippen molar-refractivity contribution in [2.75, 3.05) is 38.4 Å². The van der Waals surface area contributed by atoms with Crippen molar-refractivity contribution in [2.24, 2.45) is 23.5 Å². The average molecular weight is 628 g/mol. The van der Waals surface area contributed by atoms with Crippen LogP contribution >= 0.6 is 0 Å². The first-order valence-corrected chi connectivity index (χ1v) is 14.9. The van der Waals surface area contributed by atoms with Crippen LogP contribution in [-0.4, -0.2) is 100 Å². The Morgan fingerprint density at radius 3 is 2.18 bits per heavy atom. The lowest BCUT2D eigenvalue weighted by molar-refractivity contribution is -0.148. The summed E-state index contributed by atoms with van der Waals surface area (Å²) in [4.78, 5) is 56.5. The van der Waals surface area contributed by atoms with Crippen LogP contribution in [0.25, 0.3) is 0 Å². The van der Waals surface area contributed by atoms with Gasteiger partial charge in [-0.05, 0) is 71.2 Å². The van der Waals surface area contributed by atoms with Gasteiger partial charge in [-0.15, -0.1) is 0 Å². The van der Waals surface area contributed by atoms with E-state index >= 15 is 0 Å². The standard InChI is InChI=1S/C32H45N5O8/c1-13(2)22(30(44)35-31(3,4)5)34-17-12-18(36(6)7)15-10-14-11-16-23(37(8)9)26(40)21(29(33)43)28(42)32(16,45)27(41)19(14)25(39)20(15)24(17)38/h12-14,16,22-23,34,38,40-41,45H,10-11H2,1-9H3,(H2,33,43)(H,35,44). The minimum Gasteiger partial charge on any atom is -0.510 e. The molecule has 3 aliphatic rings. The molecule has 3 aliphatic carbocycles. The summed E-state index contributed by atoms with van der Waals surface area (Å²) in [5.74, 6) is -7.72. The summed E-state index contributed by atoms with van der Waals surface area (Å²) in [7, 11) is 6.70. The number of primary amides is 1. The van der Waals surface area contributed by atoms with Gasteiger partial charge in [0.15, 0.2) is 11.4 Å². The Bertz CT molecular complexity index is 1540. The molecule has 0 aliphatic heterocycles. The second kappa shape index (κ2) is 11.4. The number of amides is 2. The number of rotatable bonds is 7. The number of aromatic hydroxyl groups is 1. The highest BCUT2D eigenvalue weighted by atomic mass is 16.3. The Balaban J connectivity index is 1.91. The molecule has 8 N–H and O–H groups in total. The third-order valence-electron chi connectivity index (χ3n) is 8.94. The number of hydrogen-bond donors (Lipinski definition) is 7. The number of ketones is 2. The molecule has 246 valence electrons. The Kier molecular flexibility index (Phi) is 8.53. The zero-order valence-corrected chi connectivity index (χ0v) is 27.3. The van der Waals surface area contributed by atoms with Crippen molar-refractivity contribution in [3.05, 3.63) is 39.9 Å². The summed E-state index contributed by atoms with van der Waals surface area (Å²) >= 11 is 0. The largest absolute Gasteiger partial charge is 0.510 e. The van der Waals surface area contributed by atoms with Gasteiger partial charge in [-0.1, -0.05) is 13.8 Å². The van der Waals surface area contributed by atoms with Gasteiger partial charge in [0.1, 0.15) is 28.9 Å². The van der Waals surface area contributed by atoms with Gasteiger partial charge in [-0.3, -0.25) is 24.1 Å². The highest BCUT2D eigenvalue weighted by Gasteiger charge is 2.63. The number of phenolic OH excluding ortho intramolecular Hbond substituents is 1. The van der Waals surface area contributed by atoms with Crippen LogP contribution in [0.1, 0.15) is 57.0 Å². The minimum atomic E-state index is -2.73. The zero-order chi connectivity index (χ0) is 34.1. The molecule has 0 bridgehead atoms. The molecule has 1 aromatic carbocycles. The van der Waals surface area contributed by atoms with Crippen molar-refractivity contribution >= 4 is 34.8 Å². The van der Waals surface area contributed by atoms with Crippen molar-refractivity contribution in [2.45, 2.75) is 70.7 Å². The summed E-state index contributed by atoms with van der Waals surface area (Å²) in [6.45, 7) is 9.23. The molecule has 13 heteroatoms. The predicted octanol–water partition coefficient (Wildman–Crippen LogP) is 1.54. The summed E-state index contributed by atoms with van der Waals surface area (Å²) in [5, 5.41) is 52.0. The molecule has 2 amide bonds. The fraction of sp³-hybridized carbons (Fsp3) is 0.562. The molecule has 5 unspecified atom stereocenters. The van der Waals surface area contributed by atoms with E-state index in [9.17, 15) is 39.6 Å². The number of carbonyl (C=O) groups excluding carboxylic acids is 4. The number of benzene rings is 1. The number of phenols is 1. The highest BCUT2D eigenvalue weighted by Crippen LogP contribution is 2.54. The molecule has 0 spiro atoms. The summed E-state index contributed by atoms with van der Waals surface area (Å²) in [6, 6.07) is -0.195. The molecule has 0 heterocycles. The number of aliphatic hydroxyl groups excluding tert-OH is 2. The van der Waals surface area contributed by atoms with Gasteiger partial charge in [-0.25, -0.2) is 0 Å². The maximum Gasteiger partial charge on any atom is 0.255 e. The molecule has 5 atom stereocenters. The van der Waals surface area contributed by atoms with E-state index in [2.05, 4.69) is 10.6 Å². The maximum atomic E-state index is 14.3. The van der Waals surface area contributed by atoms with Crippen molar-refractivity contribution in [1.29, 1.82) is 0 Å². The number of nitrogens with zero attached hydrogens (tertiary/aromatic N) is 2. The fourth-order valence-corrected chi connectivity index (χ4v) is 6.96. The number of fused-ring (bicyclic) bond motifs is 3. The molecule has 4 rings (SSSR count). The van der Waals surface area contributed by atoms with Crippen molar-refractivity contribution < 1.29 is 39.6 Å². The monoisotopic (exact) mass is 627 g/mol. The number of likely N-dealkylation sites (N-methyl/N-ethyl adjacent to an activating group) is 1. The number of anilines is 2. The number of hydrogen-bond acceptors (Lipinski definition) is 11. The number of aliphatic hydroxyl groups is 3. The summed E-state index contributed by atoms with van der Waals surface area (Å²) in [5.41, 5.74) is 2.10. The first-order valence-electron chi connectivity index (χ1n) is 14.9. The van der Waals surface area contributed by atoms with E-state index in [-0.39, 0.29) is 41.5 Å². The summed E-state index contributed by atoms with van der Waals surface area (Å²) < 4.78 is 0. The Morgan fingerprint density at radius 2 is 1.69 bits per heavy atom. The second-order valence-electron chi connectivity index (χ2n) is 14.1. The third-order valence-corrected chi connectivity index (χ3v) is 8.94. The first kappa shape index (κ1) is 33.8. The van der Waals surface area contributed by atoms with E-state index in [1.54, 1.807) is 39.2 Å². The van der Waals surface area contributed by atoms with Gasteiger partial charge in [0.2, 0.25) is 11.7 Å². The third kappa shape index (κ3) is 5.41. The van der Waals surface area contributed by atoms with Crippen LogP contribution in [0, 0.1) is 17.8 Å². The quantitative estimate of drug-likeness (QED) is 0.170. The zero-order valence-electron chi connectivity index (χ0n) is 27.3. The molecular weight excluding hydrogens is 582 g/mol. The van der Waals surface area contributed by atoms with Crippen LogP contribution in [0.4, 0.5) is 11.4 Å². The van der Waals surface area contributed by atoms with Crippen LogP contribution in [0.2, 0.25) is 0 Å². The molecule has 0 fully saturated rings. The SMILES string of the molecule is CC(C)C(Nc1cc(N(C)C)c2c(c1O)C(=O)C1=C(O)C3(O)C(=O)C(C(N)=O)=C(O)C(N(C)C)C3CC1C2)C(=O)NC(C)(C)C. The van der Waals surface area contributed by atoms with Crippen LogP contribution in [0.3, 0.4) is 0 Å². The predicted molar refractivity (Wildman–Crippen MR) is 168 cm³/mol. The number of nitrogens with one attached hydrogen (secondary N) is 2. The van der Waals surface area contributed by atoms with E-state index in [1.165, 1.54) is 4.90 Å². The average Bonchev–Trinajstić information content (AvgIpc) is 2.88. The van der Waals surface area contributed by atoms with Crippen molar-refractivity contribution in [3.8, 4) is 5.75 Å². The molecular formula is C32H45N5O8. The van der Waals surface area contributed by atoms with Crippen LogP contribution in [0.5, 0.6) is 5.75 Å². The smallest absolute Gasteiger partial charge is 0.255 e. The van der Waals surface area contributed by atoms with E-state index < -0.39 is 75.4 Å². The van der Waals surface area contributed by atoms with E-state index in [0.29, 0.717) is 11.3 Å². The van der Waals surface area contributed by atoms with E-state index in [4.69, 9.17) is 5.73 Å². The number of allylic oxidation sites excluding steroid dienone is 1. The fourth-order valence-electron chi connectivity index (χ4n) is 6.96. The van der Waals surface area contributed by atoms with Gasteiger partial charge < -0.3 is 41.7 Å². The van der Waals surface area contributed by atoms with Crippen molar-refractivity contribution in [1.82, 2.24) is 10.2 Å². The number of carbonyl (C=O) groups is 4. The molecule has 13 nitrogen and oxygen atoms in total. The minimum absolute atomic E-state index is 0.0121. The van der Waals surface area contributed by atoms with E-state index in [1.807, 2.05) is 34.6 Å². The Labute approximate surface area is 262 Å². The first-order chi connectivity index (χ1) is 20.6. The molecule has 1 aromatic rings. The van der Waals surface area contributed by atoms with Crippen molar-refractivity contribution in [3.63, 3.8) is 0 Å². The molecule has 0 aromatic heterocycles. The molecule has 0 saturated heterocycles. The number of nitrogens with two attached hydrogens (primary N) is 1.